The Kier molecular flexibility index (Phi) is 5.99. The van der Waals surface area contributed by atoms with Gasteiger partial charge >= 0.3 is 11.8 Å². The summed E-state index contributed by atoms with van der Waals surface area (Å²) < 4.78 is 21.5. The van der Waals surface area contributed by atoms with Crippen LogP contribution in [-0.4, -0.2) is 39.0 Å². The molecular formula is C18H16BrN3O6. The summed E-state index contributed by atoms with van der Waals surface area (Å²) in [5.41, 5.74) is 3.10. The molecule has 0 radical (unpaired) electrons. The van der Waals surface area contributed by atoms with Crippen LogP contribution in [0, 0.1) is 0 Å². The molecule has 0 bridgehead atoms. The Bertz CT molecular complexity index is 947. The summed E-state index contributed by atoms with van der Waals surface area (Å²) in [6.45, 7) is 0.146. The average molecular weight is 450 g/mol. The summed E-state index contributed by atoms with van der Waals surface area (Å²) in [6.07, 6.45) is 1.38. The first-order valence-electron chi connectivity index (χ1n) is 7.97. The lowest BCUT2D eigenvalue weighted by molar-refractivity contribution is -0.136. The summed E-state index contributed by atoms with van der Waals surface area (Å²) in [6, 6.07) is 8.25. The van der Waals surface area contributed by atoms with E-state index in [2.05, 4.69) is 31.8 Å². The van der Waals surface area contributed by atoms with Gasteiger partial charge in [0.05, 0.1) is 26.1 Å². The van der Waals surface area contributed by atoms with E-state index in [-0.39, 0.29) is 6.79 Å². The summed E-state index contributed by atoms with van der Waals surface area (Å²) in [5.74, 6) is 0.210. The van der Waals surface area contributed by atoms with Gasteiger partial charge in [-0.25, -0.2) is 5.43 Å². The molecule has 0 saturated heterocycles. The van der Waals surface area contributed by atoms with Gasteiger partial charge in [-0.2, -0.15) is 5.10 Å². The maximum Gasteiger partial charge on any atom is 0.329 e. The van der Waals surface area contributed by atoms with Crippen molar-refractivity contribution >= 4 is 39.6 Å². The number of nitrogens with zero attached hydrogens (tertiary/aromatic N) is 1. The molecule has 28 heavy (non-hydrogen) atoms. The number of ether oxygens (including phenoxy) is 4. The Morgan fingerprint density at radius 1 is 1.11 bits per heavy atom. The zero-order chi connectivity index (χ0) is 20.1. The minimum Gasteiger partial charge on any atom is -0.497 e. The molecule has 0 atom stereocenters. The number of hydrogen-bond donors (Lipinski definition) is 2. The monoisotopic (exact) mass is 449 g/mol. The Morgan fingerprint density at radius 3 is 2.57 bits per heavy atom. The Morgan fingerprint density at radius 2 is 1.86 bits per heavy atom. The number of rotatable bonds is 5. The second kappa shape index (κ2) is 8.61. The van der Waals surface area contributed by atoms with Gasteiger partial charge in [-0.1, -0.05) is 0 Å². The number of nitrogens with one attached hydrogen (secondary N) is 2. The molecule has 0 saturated carbocycles. The van der Waals surface area contributed by atoms with Crippen LogP contribution in [0.25, 0.3) is 0 Å². The van der Waals surface area contributed by atoms with Crippen LogP contribution in [-0.2, 0) is 9.59 Å². The second-order valence-corrected chi connectivity index (χ2v) is 6.30. The standard InChI is InChI=1S/C18H16BrN3O6/c1-25-11-3-4-14(26-2)13(6-11)21-17(23)18(24)22-20-8-10-5-15-16(7-12(10)19)28-9-27-15/h3-8H,9H2,1-2H3,(H,21,23)(H,22,24)/b20-8+. The lowest BCUT2D eigenvalue weighted by atomic mass is 10.2. The fraction of sp³-hybridized carbons (Fsp3) is 0.167. The van der Waals surface area contributed by atoms with Crippen LogP contribution in [0.3, 0.4) is 0 Å². The van der Waals surface area contributed by atoms with Crippen molar-refractivity contribution in [2.75, 3.05) is 26.3 Å². The van der Waals surface area contributed by atoms with Crippen molar-refractivity contribution in [1.29, 1.82) is 0 Å². The minimum atomic E-state index is -0.946. The molecule has 146 valence electrons. The number of halogens is 1. The third-order valence-electron chi connectivity index (χ3n) is 3.72. The molecule has 2 aromatic carbocycles. The van der Waals surface area contributed by atoms with Crippen molar-refractivity contribution in [3.8, 4) is 23.0 Å². The van der Waals surface area contributed by atoms with E-state index < -0.39 is 11.8 Å². The van der Waals surface area contributed by atoms with Crippen molar-refractivity contribution < 1.29 is 28.5 Å². The smallest absolute Gasteiger partial charge is 0.329 e. The van der Waals surface area contributed by atoms with Crippen LogP contribution in [0.4, 0.5) is 5.69 Å². The molecule has 1 aliphatic rings. The normalized spacial score (nSPS) is 12.0. The van der Waals surface area contributed by atoms with Crippen LogP contribution in [0.5, 0.6) is 23.0 Å². The third-order valence-corrected chi connectivity index (χ3v) is 4.41. The number of hydrogen-bond acceptors (Lipinski definition) is 7. The molecule has 3 rings (SSSR count). The molecule has 2 amide bonds. The first-order valence-corrected chi connectivity index (χ1v) is 8.76. The number of carbonyl (C=O) groups is 2. The summed E-state index contributed by atoms with van der Waals surface area (Å²) in [5, 5.41) is 6.25. The van der Waals surface area contributed by atoms with E-state index in [1.165, 1.54) is 26.5 Å². The Hall–Kier alpha value is -3.27. The van der Waals surface area contributed by atoms with Crippen LogP contribution in [0.2, 0.25) is 0 Å². The van der Waals surface area contributed by atoms with Gasteiger partial charge in [0.15, 0.2) is 11.5 Å². The number of hydrazone groups is 1. The fourth-order valence-corrected chi connectivity index (χ4v) is 2.76. The van der Waals surface area contributed by atoms with Crippen LogP contribution in [0.15, 0.2) is 39.9 Å². The number of anilines is 1. The predicted molar refractivity (Wildman–Crippen MR) is 104 cm³/mol. The van der Waals surface area contributed by atoms with E-state index in [0.29, 0.717) is 38.7 Å². The molecule has 1 heterocycles. The molecule has 0 fully saturated rings. The molecule has 1 aliphatic heterocycles. The largest absolute Gasteiger partial charge is 0.497 e. The molecule has 10 heteroatoms. The topological polar surface area (TPSA) is 107 Å². The first kappa shape index (κ1) is 19.5. The highest BCUT2D eigenvalue weighted by molar-refractivity contribution is 9.10. The van der Waals surface area contributed by atoms with Gasteiger partial charge < -0.3 is 24.3 Å². The zero-order valence-electron chi connectivity index (χ0n) is 14.9. The second-order valence-electron chi connectivity index (χ2n) is 5.45. The van der Waals surface area contributed by atoms with Crippen LogP contribution >= 0.6 is 15.9 Å². The summed E-state index contributed by atoms with van der Waals surface area (Å²) >= 11 is 3.38. The van der Waals surface area contributed by atoms with Crippen molar-refractivity contribution in [2.45, 2.75) is 0 Å². The van der Waals surface area contributed by atoms with Gasteiger partial charge in [-0.15, -0.1) is 0 Å². The van der Waals surface area contributed by atoms with Gasteiger partial charge in [0.2, 0.25) is 6.79 Å². The number of fused-ring (bicyclic) bond motifs is 1. The van der Waals surface area contributed by atoms with E-state index in [9.17, 15) is 9.59 Å². The van der Waals surface area contributed by atoms with Crippen molar-refractivity contribution in [2.24, 2.45) is 5.10 Å². The Labute approximate surface area is 168 Å². The zero-order valence-corrected chi connectivity index (χ0v) is 16.5. The van der Waals surface area contributed by atoms with Gasteiger partial charge in [-0.3, -0.25) is 9.59 Å². The lowest BCUT2D eigenvalue weighted by Gasteiger charge is -2.11. The molecule has 0 aliphatic carbocycles. The molecule has 0 aromatic heterocycles. The number of benzene rings is 2. The lowest BCUT2D eigenvalue weighted by Crippen LogP contribution is -2.32. The van der Waals surface area contributed by atoms with Crippen LogP contribution < -0.4 is 29.7 Å². The number of amides is 2. The molecule has 2 N–H and O–H groups in total. The van der Waals surface area contributed by atoms with Crippen molar-refractivity contribution in [1.82, 2.24) is 5.43 Å². The summed E-state index contributed by atoms with van der Waals surface area (Å²) in [7, 11) is 2.94. The van der Waals surface area contributed by atoms with Gasteiger partial charge in [0, 0.05) is 16.1 Å². The van der Waals surface area contributed by atoms with E-state index in [1.54, 1.807) is 24.3 Å². The fourth-order valence-electron chi connectivity index (χ4n) is 2.33. The molecule has 0 unspecified atom stereocenters. The van der Waals surface area contributed by atoms with Gasteiger partial charge in [-0.05, 0) is 40.2 Å². The summed E-state index contributed by atoms with van der Waals surface area (Å²) in [4.78, 5) is 24.1. The number of carbonyl (C=O) groups excluding carboxylic acids is 2. The minimum absolute atomic E-state index is 0.146. The first-order chi connectivity index (χ1) is 13.5. The van der Waals surface area contributed by atoms with Gasteiger partial charge in [0.25, 0.3) is 0 Å². The highest BCUT2D eigenvalue weighted by atomic mass is 79.9. The van der Waals surface area contributed by atoms with E-state index in [1.807, 2.05) is 0 Å². The average Bonchev–Trinajstić information content (AvgIpc) is 3.14. The maximum atomic E-state index is 12.1. The SMILES string of the molecule is COc1ccc(OC)c(NC(=O)C(=O)N/N=C/c2cc3c(cc2Br)OCO3)c1. The highest BCUT2D eigenvalue weighted by Gasteiger charge is 2.17. The van der Waals surface area contributed by atoms with E-state index in [4.69, 9.17) is 18.9 Å². The van der Waals surface area contributed by atoms with E-state index in [0.717, 1.165) is 0 Å². The third kappa shape index (κ3) is 4.34. The van der Waals surface area contributed by atoms with E-state index >= 15 is 0 Å². The van der Waals surface area contributed by atoms with Crippen LogP contribution in [0.1, 0.15) is 5.56 Å². The van der Waals surface area contributed by atoms with Crippen molar-refractivity contribution in [3.05, 3.63) is 40.4 Å². The predicted octanol–water partition coefficient (Wildman–Crippen LogP) is 2.28. The number of methoxy groups -OCH3 is 2. The molecule has 0 spiro atoms. The molecule has 2 aromatic rings. The molecule has 9 nitrogen and oxygen atoms in total. The van der Waals surface area contributed by atoms with Gasteiger partial charge in [0.1, 0.15) is 11.5 Å². The van der Waals surface area contributed by atoms with Crippen molar-refractivity contribution in [3.63, 3.8) is 0 Å². The Balaban J connectivity index is 1.64. The highest BCUT2D eigenvalue weighted by Crippen LogP contribution is 2.36. The quantitative estimate of drug-likeness (QED) is 0.411. The molecular weight excluding hydrogens is 434 g/mol. The maximum absolute atomic E-state index is 12.1.